The summed E-state index contributed by atoms with van der Waals surface area (Å²) in [4.78, 5) is -0.0207. The van der Waals surface area contributed by atoms with Gasteiger partial charge in [-0.25, -0.2) is 8.42 Å². The van der Waals surface area contributed by atoms with Gasteiger partial charge < -0.3 is 4.55 Å². The minimum absolute atomic E-state index is 0. The Morgan fingerprint density at radius 3 is 1.86 bits per heavy atom. The Bertz CT molecular complexity index is 803. The summed E-state index contributed by atoms with van der Waals surface area (Å²) < 4.78 is 35.4. The van der Waals surface area contributed by atoms with Gasteiger partial charge in [0.15, 0.2) is 0 Å². The van der Waals surface area contributed by atoms with E-state index in [-0.39, 0.29) is 34.5 Å². The number of hydrogen-bond donors (Lipinski definition) is 0. The predicted molar refractivity (Wildman–Crippen MR) is 112 cm³/mol. The summed E-state index contributed by atoms with van der Waals surface area (Å²) in [7, 11) is -4.47. The second-order valence-electron chi connectivity index (χ2n) is 7.51. The first kappa shape index (κ1) is 25.6. The van der Waals surface area contributed by atoms with Gasteiger partial charge in [0, 0.05) is 0 Å². The van der Waals surface area contributed by atoms with Crippen LogP contribution in [0.1, 0.15) is 83.1 Å². The summed E-state index contributed by atoms with van der Waals surface area (Å²) in [6.07, 6.45) is 14.5. The molecule has 2 aromatic rings. The van der Waals surface area contributed by atoms with Crippen LogP contribution in [0.4, 0.5) is 0 Å². The molecule has 0 spiro atoms. The first-order chi connectivity index (χ1) is 13.0. The summed E-state index contributed by atoms with van der Waals surface area (Å²) in [5.41, 5.74) is 0.666. The van der Waals surface area contributed by atoms with E-state index in [4.69, 9.17) is 0 Å². The molecule has 2 aromatic carbocycles. The van der Waals surface area contributed by atoms with E-state index in [2.05, 4.69) is 6.92 Å². The van der Waals surface area contributed by atoms with Gasteiger partial charge in [0.1, 0.15) is 10.1 Å². The molecule has 0 amide bonds. The standard InChI is InChI=1S/C23H34O3S.Na/c1-2-3-4-5-6-7-8-9-10-11-12-16-21-19-18-20-15-13-14-17-22(20)23(21)27(24,25)26;/h13-15,17-19H,2-12,16H2,1H3,(H,24,25,26);/q;+1/p-1. The SMILES string of the molecule is CCCCCCCCCCCCCc1ccc2ccccc2c1S(=O)(=O)[O-].[Na+]. The Hall–Kier alpha value is -0.390. The van der Waals surface area contributed by atoms with Crippen molar-refractivity contribution < 1.29 is 42.5 Å². The van der Waals surface area contributed by atoms with Crippen molar-refractivity contribution in [3.63, 3.8) is 0 Å². The quantitative estimate of drug-likeness (QED) is 0.287. The summed E-state index contributed by atoms with van der Waals surface area (Å²) >= 11 is 0. The first-order valence-corrected chi connectivity index (χ1v) is 11.9. The van der Waals surface area contributed by atoms with Crippen LogP contribution in [0.5, 0.6) is 0 Å². The number of hydrogen-bond acceptors (Lipinski definition) is 3. The van der Waals surface area contributed by atoms with Crippen molar-refractivity contribution in [3.8, 4) is 0 Å². The van der Waals surface area contributed by atoms with Crippen LogP contribution in [0.2, 0.25) is 0 Å². The Morgan fingerprint density at radius 1 is 0.750 bits per heavy atom. The Morgan fingerprint density at radius 2 is 1.29 bits per heavy atom. The second kappa shape index (κ2) is 13.8. The van der Waals surface area contributed by atoms with Crippen molar-refractivity contribution in [2.75, 3.05) is 0 Å². The van der Waals surface area contributed by atoms with Gasteiger partial charge >= 0.3 is 29.6 Å². The van der Waals surface area contributed by atoms with Crippen molar-refractivity contribution >= 4 is 20.9 Å². The molecule has 0 fully saturated rings. The molecule has 3 nitrogen and oxygen atoms in total. The number of rotatable bonds is 13. The molecule has 0 heterocycles. The van der Waals surface area contributed by atoms with E-state index in [1.165, 1.54) is 57.8 Å². The van der Waals surface area contributed by atoms with Crippen molar-refractivity contribution in [2.45, 2.75) is 88.9 Å². The molecule has 0 bridgehead atoms. The van der Waals surface area contributed by atoms with Gasteiger partial charge in [0.05, 0.1) is 4.90 Å². The summed E-state index contributed by atoms with van der Waals surface area (Å²) in [5, 5.41) is 1.35. The average molecular weight is 413 g/mol. The normalized spacial score (nSPS) is 11.5. The molecule has 0 radical (unpaired) electrons. The molecule has 0 saturated carbocycles. The van der Waals surface area contributed by atoms with Crippen LogP contribution in [-0.2, 0) is 16.5 Å². The molecule has 28 heavy (non-hydrogen) atoms. The second-order valence-corrected chi connectivity index (χ2v) is 8.83. The van der Waals surface area contributed by atoms with Gasteiger partial charge in [-0.2, -0.15) is 0 Å². The topological polar surface area (TPSA) is 57.2 Å². The minimum atomic E-state index is -4.47. The van der Waals surface area contributed by atoms with Crippen LogP contribution in [-0.4, -0.2) is 13.0 Å². The van der Waals surface area contributed by atoms with Gasteiger partial charge in [-0.05, 0) is 29.2 Å². The zero-order chi connectivity index (χ0) is 19.5. The Labute approximate surface area is 193 Å². The smallest absolute Gasteiger partial charge is 0.744 e. The van der Waals surface area contributed by atoms with Crippen LogP contribution < -0.4 is 29.6 Å². The maximum absolute atomic E-state index is 11.8. The van der Waals surface area contributed by atoms with Gasteiger partial charge in [0.2, 0.25) is 0 Å². The minimum Gasteiger partial charge on any atom is -0.744 e. The third-order valence-corrected chi connectivity index (χ3v) is 6.24. The van der Waals surface area contributed by atoms with E-state index in [1.54, 1.807) is 12.1 Å². The molecule has 0 aliphatic rings. The van der Waals surface area contributed by atoms with Gasteiger partial charge in [-0.1, -0.05) is 108 Å². The molecule has 0 N–H and O–H groups in total. The fourth-order valence-corrected chi connectivity index (χ4v) is 4.71. The van der Waals surface area contributed by atoms with Crippen molar-refractivity contribution in [3.05, 3.63) is 42.0 Å². The van der Waals surface area contributed by atoms with Crippen LogP contribution in [0.15, 0.2) is 41.3 Å². The number of unbranched alkanes of at least 4 members (excludes halogenated alkanes) is 10. The molecule has 0 aromatic heterocycles. The van der Waals surface area contributed by atoms with E-state index < -0.39 is 10.1 Å². The fraction of sp³-hybridized carbons (Fsp3) is 0.565. The van der Waals surface area contributed by atoms with Gasteiger partial charge in [-0.3, -0.25) is 0 Å². The maximum atomic E-state index is 11.8. The molecule has 2 rings (SSSR count). The van der Waals surface area contributed by atoms with Crippen LogP contribution in [0.3, 0.4) is 0 Å². The van der Waals surface area contributed by atoms with E-state index >= 15 is 0 Å². The monoisotopic (exact) mass is 412 g/mol. The van der Waals surface area contributed by atoms with Crippen molar-refractivity contribution in [1.82, 2.24) is 0 Å². The first-order valence-electron chi connectivity index (χ1n) is 10.5. The molecule has 0 saturated heterocycles. The van der Waals surface area contributed by atoms with E-state index in [1.807, 2.05) is 24.3 Å². The van der Waals surface area contributed by atoms with Crippen LogP contribution in [0.25, 0.3) is 10.8 Å². The van der Waals surface area contributed by atoms with Crippen LogP contribution >= 0.6 is 0 Å². The molecule has 5 heteroatoms. The number of fused-ring (bicyclic) bond motifs is 1. The largest absolute Gasteiger partial charge is 1.00 e. The molecular formula is C23H33NaO3S. The Kier molecular flexibility index (Phi) is 12.6. The van der Waals surface area contributed by atoms with Gasteiger partial charge in [0.25, 0.3) is 0 Å². The fourth-order valence-electron chi connectivity index (χ4n) is 3.76. The molecule has 150 valence electrons. The third-order valence-electron chi connectivity index (χ3n) is 5.26. The van der Waals surface area contributed by atoms with Crippen LogP contribution in [0, 0.1) is 0 Å². The van der Waals surface area contributed by atoms with E-state index in [9.17, 15) is 13.0 Å². The average Bonchev–Trinajstić information content (AvgIpc) is 2.64. The van der Waals surface area contributed by atoms with E-state index in [0.29, 0.717) is 17.4 Å². The van der Waals surface area contributed by atoms with E-state index in [0.717, 1.165) is 18.2 Å². The summed E-state index contributed by atoms with van der Waals surface area (Å²) in [5.74, 6) is 0. The molecular weight excluding hydrogens is 379 g/mol. The Balaban J connectivity index is 0.00000392. The molecule has 0 unspecified atom stereocenters. The predicted octanol–water partition coefficient (Wildman–Crippen LogP) is 3.60. The van der Waals surface area contributed by atoms with Crippen molar-refractivity contribution in [2.24, 2.45) is 0 Å². The summed E-state index contributed by atoms with van der Waals surface area (Å²) in [6, 6.07) is 10.9. The van der Waals surface area contributed by atoms with Crippen molar-refractivity contribution in [1.29, 1.82) is 0 Å². The number of benzene rings is 2. The maximum Gasteiger partial charge on any atom is 1.00 e. The zero-order valence-corrected chi connectivity index (χ0v) is 20.4. The molecule has 0 atom stereocenters. The molecule has 0 aliphatic heterocycles. The zero-order valence-electron chi connectivity index (χ0n) is 17.6. The molecule has 0 aliphatic carbocycles. The summed E-state index contributed by atoms with van der Waals surface area (Å²) in [6.45, 7) is 2.24. The van der Waals surface area contributed by atoms with Gasteiger partial charge in [-0.15, -0.1) is 0 Å². The third kappa shape index (κ3) is 8.54. The number of aryl methyl sites for hydroxylation is 1.